The van der Waals surface area contributed by atoms with E-state index in [2.05, 4.69) is 5.32 Å². The summed E-state index contributed by atoms with van der Waals surface area (Å²) in [6, 6.07) is 0. The summed E-state index contributed by atoms with van der Waals surface area (Å²) in [6.07, 6.45) is 1.36. The molecule has 0 aliphatic heterocycles. The summed E-state index contributed by atoms with van der Waals surface area (Å²) in [5, 5.41) is 2.28. The average molecular weight is 279 g/mol. The SMILES string of the molecule is O=C(NC12CC3CC(CC(C3)C1)C2)C(F)(F)C(F)F. The maximum absolute atomic E-state index is 13.1. The van der Waals surface area contributed by atoms with E-state index >= 15 is 0 Å². The van der Waals surface area contributed by atoms with Crippen molar-refractivity contribution in [1.29, 1.82) is 0 Å². The number of carbonyl (C=O) groups is 1. The molecule has 4 fully saturated rings. The van der Waals surface area contributed by atoms with Crippen LogP contribution >= 0.6 is 0 Å². The summed E-state index contributed by atoms with van der Waals surface area (Å²) in [7, 11) is 0. The number of halogens is 4. The predicted octanol–water partition coefficient (Wildman–Crippen LogP) is 2.97. The van der Waals surface area contributed by atoms with E-state index < -0.39 is 23.8 Å². The fourth-order valence-electron chi connectivity index (χ4n) is 4.69. The number of hydrogen-bond donors (Lipinski definition) is 1. The van der Waals surface area contributed by atoms with Crippen molar-refractivity contribution in [3.8, 4) is 0 Å². The van der Waals surface area contributed by atoms with Crippen LogP contribution in [-0.4, -0.2) is 23.8 Å². The minimum atomic E-state index is -4.58. The molecule has 0 aromatic heterocycles. The van der Waals surface area contributed by atoms with Gasteiger partial charge in [-0.25, -0.2) is 8.78 Å². The second-order valence-electron chi connectivity index (χ2n) is 6.58. The van der Waals surface area contributed by atoms with Gasteiger partial charge in [0.05, 0.1) is 0 Å². The Hall–Kier alpha value is -0.810. The second kappa shape index (κ2) is 4.09. The molecule has 4 aliphatic rings. The molecular formula is C13H17F4NO. The van der Waals surface area contributed by atoms with Crippen molar-refractivity contribution >= 4 is 5.91 Å². The topological polar surface area (TPSA) is 29.1 Å². The molecule has 0 aromatic rings. The predicted molar refractivity (Wildman–Crippen MR) is 60.0 cm³/mol. The van der Waals surface area contributed by atoms with Gasteiger partial charge in [-0.15, -0.1) is 0 Å². The normalized spacial score (nSPS) is 40.8. The van der Waals surface area contributed by atoms with Crippen LogP contribution in [0.1, 0.15) is 38.5 Å². The molecule has 2 nitrogen and oxygen atoms in total. The van der Waals surface area contributed by atoms with Crippen molar-refractivity contribution in [2.24, 2.45) is 17.8 Å². The first kappa shape index (κ1) is 13.2. The highest BCUT2D eigenvalue weighted by Gasteiger charge is 2.56. The number of nitrogens with one attached hydrogen (secondary N) is 1. The zero-order valence-electron chi connectivity index (χ0n) is 10.5. The minimum absolute atomic E-state index is 0.465. The third kappa shape index (κ3) is 2.13. The fraction of sp³-hybridized carbons (Fsp3) is 0.923. The lowest BCUT2D eigenvalue weighted by atomic mass is 9.53. The molecule has 0 radical (unpaired) electrons. The molecule has 108 valence electrons. The molecule has 1 N–H and O–H groups in total. The van der Waals surface area contributed by atoms with Crippen LogP contribution in [0, 0.1) is 17.8 Å². The molecule has 4 aliphatic carbocycles. The Bertz CT molecular complexity index is 361. The van der Waals surface area contributed by atoms with Gasteiger partial charge in [-0.05, 0) is 56.3 Å². The average Bonchev–Trinajstić information content (AvgIpc) is 2.25. The summed E-state index contributed by atoms with van der Waals surface area (Å²) in [5.41, 5.74) is -0.649. The largest absolute Gasteiger partial charge is 0.383 e. The van der Waals surface area contributed by atoms with Crippen molar-refractivity contribution in [3.05, 3.63) is 0 Å². The number of rotatable bonds is 3. The summed E-state index contributed by atoms with van der Waals surface area (Å²) in [6.45, 7) is 0. The van der Waals surface area contributed by atoms with E-state index in [1.54, 1.807) is 0 Å². The van der Waals surface area contributed by atoms with E-state index in [4.69, 9.17) is 0 Å². The van der Waals surface area contributed by atoms with Gasteiger partial charge < -0.3 is 5.32 Å². The molecule has 4 saturated carbocycles. The van der Waals surface area contributed by atoms with Crippen LogP contribution < -0.4 is 5.32 Å². The van der Waals surface area contributed by atoms with Crippen LogP contribution in [0.2, 0.25) is 0 Å². The van der Waals surface area contributed by atoms with E-state index in [1.807, 2.05) is 0 Å². The van der Waals surface area contributed by atoms with Crippen molar-refractivity contribution in [2.75, 3.05) is 0 Å². The highest BCUT2D eigenvalue weighted by molar-refractivity contribution is 5.84. The van der Waals surface area contributed by atoms with Gasteiger partial charge in [0.25, 0.3) is 5.91 Å². The van der Waals surface area contributed by atoms with Crippen LogP contribution in [0.25, 0.3) is 0 Å². The molecule has 0 atom stereocenters. The first-order valence-electron chi connectivity index (χ1n) is 6.79. The number of alkyl halides is 4. The van der Waals surface area contributed by atoms with Crippen LogP contribution in [0.4, 0.5) is 17.6 Å². The Morgan fingerprint density at radius 2 is 1.47 bits per heavy atom. The highest BCUT2D eigenvalue weighted by Crippen LogP contribution is 2.55. The molecular weight excluding hydrogens is 262 g/mol. The molecule has 4 rings (SSSR count). The van der Waals surface area contributed by atoms with E-state index in [1.165, 1.54) is 0 Å². The van der Waals surface area contributed by atoms with Crippen LogP contribution in [0.15, 0.2) is 0 Å². The first-order chi connectivity index (χ1) is 8.81. The molecule has 0 saturated heterocycles. The first-order valence-corrected chi connectivity index (χ1v) is 6.79. The number of carbonyl (C=O) groups excluding carboxylic acids is 1. The third-order valence-corrected chi connectivity index (χ3v) is 4.99. The quantitative estimate of drug-likeness (QED) is 0.791. The molecule has 19 heavy (non-hydrogen) atoms. The lowest BCUT2D eigenvalue weighted by molar-refractivity contribution is -0.174. The van der Waals surface area contributed by atoms with Gasteiger partial charge in [-0.2, -0.15) is 8.78 Å². The Labute approximate surface area is 108 Å². The Morgan fingerprint density at radius 1 is 1.05 bits per heavy atom. The van der Waals surface area contributed by atoms with Crippen molar-refractivity contribution < 1.29 is 22.4 Å². The Balaban J connectivity index is 1.75. The van der Waals surface area contributed by atoms with Gasteiger partial charge in [0.15, 0.2) is 0 Å². The van der Waals surface area contributed by atoms with Crippen molar-refractivity contribution in [1.82, 2.24) is 5.32 Å². The van der Waals surface area contributed by atoms with Crippen molar-refractivity contribution in [2.45, 2.75) is 56.4 Å². The van der Waals surface area contributed by atoms with E-state index in [0.717, 1.165) is 19.3 Å². The van der Waals surface area contributed by atoms with Gasteiger partial charge >= 0.3 is 12.3 Å². The van der Waals surface area contributed by atoms with Gasteiger partial charge in [0, 0.05) is 5.54 Å². The molecule has 0 unspecified atom stereocenters. The van der Waals surface area contributed by atoms with Gasteiger partial charge in [0.1, 0.15) is 0 Å². The number of amides is 1. The van der Waals surface area contributed by atoms with Crippen LogP contribution in [0.3, 0.4) is 0 Å². The number of hydrogen-bond acceptors (Lipinski definition) is 1. The summed E-state index contributed by atoms with van der Waals surface area (Å²) in [5.74, 6) is -4.99. The zero-order chi connectivity index (χ0) is 13.8. The van der Waals surface area contributed by atoms with Crippen molar-refractivity contribution in [3.63, 3.8) is 0 Å². The molecule has 0 heterocycles. The lowest BCUT2D eigenvalue weighted by Crippen LogP contribution is -2.63. The zero-order valence-corrected chi connectivity index (χ0v) is 10.5. The standard InChI is InChI=1S/C13H17F4NO/c14-10(15)13(16,17)11(19)18-12-4-7-1-8(5-12)3-9(2-7)6-12/h7-10H,1-6H2,(H,18,19). The monoisotopic (exact) mass is 279 g/mol. The summed E-state index contributed by atoms with van der Waals surface area (Å²) >= 11 is 0. The second-order valence-corrected chi connectivity index (χ2v) is 6.58. The lowest BCUT2D eigenvalue weighted by Gasteiger charge is -2.57. The highest BCUT2D eigenvalue weighted by atomic mass is 19.3. The fourth-order valence-corrected chi connectivity index (χ4v) is 4.69. The van der Waals surface area contributed by atoms with Gasteiger partial charge in [0.2, 0.25) is 0 Å². The molecule has 1 amide bonds. The Kier molecular flexibility index (Phi) is 2.84. The van der Waals surface area contributed by atoms with Crippen LogP contribution in [-0.2, 0) is 4.79 Å². The van der Waals surface area contributed by atoms with E-state index in [-0.39, 0.29) is 0 Å². The molecule has 4 bridgehead atoms. The molecule has 0 spiro atoms. The Morgan fingerprint density at radius 3 is 1.84 bits per heavy atom. The van der Waals surface area contributed by atoms with Crippen LogP contribution in [0.5, 0.6) is 0 Å². The van der Waals surface area contributed by atoms with Gasteiger partial charge in [-0.1, -0.05) is 0 Å². The molecule has 0 aromatic carbocycles. The third-order valence-electron chi connectivity index (χ3n) is 4.99. The van der Waals surface area contributed by atoms with E-state index in [0.29, 0.717) is 37.0 Å². The summed E-state index contributed by atoms with van der Waals surface area (Å²) in [4.78, 5) is 11.4. The summed E-state index contributed by atoms with van der Waals surface area (Å²) < 4.78 is 50.5. The van der Waals surface area contributed by atoms with Gasteiger partial charge in [-0.3, -0.25) is 4.79 Å². The smallest absolute Gasteiger partial charge is 0.345 e. The minimum Gasteiger partial charge on any atom is -0.345 e. The maximum Gasteiger partial charge on any atom is 0.383 e. The maximum atomic E-state index is 13.1. The van der Waals surface area contributed by atoms with E-state index in [9.17, 15) is 22.4 Å². The molecule has 6 heteroatoms.